The van der Waals surface area contributed by atoms with Crippen molar-refractivity contribution in [2.24, 2.45) is 5.92 Å². The molecule has 0 aromatic rings. The summed E-state index contributed by atoms with van der Waals surface area (Å²) in [7, 11) is 2.03. The van der Waals surface area contributed by atoms with E-state index in [9.17, 15) is 4.79 Å². The zero-order valence-corrected chi connectivity index (χ0v) is 12.0. The summed E-state index contributed by atoms with van der Waals surface area (Å²) in [4.78, 5) is 14.0. The Morgan fingerprint density at radius 2 is 2.32 bits per heavy atom. The lowest BCUT2D eigenvalue weighted by molar-refractivity contribution is -0.122. The zero-order valence-electron chi connectivity index (χ0n) is 12.0. The lowest BCUT2D eigenvalue weighted by atomic mass is 9.99. The SMILES string of the molecule is CN(CC(=O)NCC1CCCO1)CC1CCCNC1. The molecule has 0 saturated carbocycles. The Balaban J connectivity index is 1.57. The summed E-state index contributed by atoms with van der Waals surface area (Å²) in [5.41, 5.74) is 0. The van der Waals surface area contributed by atoms with Gasteiger partial charge in [0.05, 0.1) is 12.6 Å². The molecule has 0 radical (unpaired) electrons. The van der Waals surface area contributed by atoms with E-state index in [-0.39, 0.29) is 12.0 Å². The predicted molar refractivity (Wildman–Crippen MR) is 75.1 cm³/mol. The molecule has 2 N–H and O–H groups in total. The van der Waals surface area contributed by atoms with Gasteiger partial charge in [-0.05, 0) is 51.7 Å². The van der Waals surface area contributed by atoms with Crippen molar-refractivity contribution in [3.05, 3.63) is 0 Å². The summed E-state index contributed by atoms with van der Waals surface area (Å²) >= 11 is 0. The highest BCUT2D eigenvalue weighted by Gasteiger charge is 2.18. The first kappa shape index (κ1) is 14.8. The van der Waals surface area contributed by atoms with Crippen LogP contribution in [0.4, 0.5) is 0 Å². The van der Waals surface area contributed by atoms with Gasteiger partial charge in [0.25, 0.3) is 0 Å². The monoisotopic (exact) mass is 269 g/mol. The van der Waals surface area contributed by atoms with E-state index in [0.29, 0.717) is 19.0 Å². The molecule has 0 spiro atoms. The zero-order chi connectivity index (χ0) is 13.5. The van der Waals surface area contributed by atoms with Crippen molar-refractivity contribution < 1.29 is 9.53 Å². The molecule has 2 atom stereocenters. The Morgan fingerprint density at radius 3 is 3.00 bits per heavy atom. The van der Waals surface area contributed by atoms with Gasteiger partial charge in [0, 0.05) is 19.7 Å². The normalized spacial score (nSPS) is 27.7. The molecule has 0 aromatic carbocycles. The van der Waals surface area contributed by atoms with Gasteiger partial charge in [-0.25, -0.2) is 0 Å². The largest absolute Gasteiger partial charge is 0.376 e. The first-order valence-electron chi connectivity index (χ1n) is 7.51. The maximum Gasteiger partial charge on any atom is 0.234 e. The van der Waals surface area contributed by atoms with E-state index < -0.39 is 0 Å². The molecule has 0 bridgehead atoms. The fraction of sp³-hybridized carbons (Fsp3) is 0.929. The molecule has 2 saturated heterocycles. The summed E-state index contributed by atoms with van der Waals surface area (Å²) in [5.74, 6) is 0.798. The Labute approximate surface area is 116 Å². The van der Waals surface area contributed by atoms with Crippen molar-refractivity contribution in [1.82, 2.24) is 15.5 Å². The van der Waals surface area contributed by atoms with Gasteiger partial charge in [-0.2, -0.15) is 0 Å². The highest BCUT2D eigenvalue weighted by Crippen LogP contribution is 2.11. The minimum Gasteiger partial charge on any atom is -0.376 e. The van der Waals surface area contributed by atoms with E-state index in [2.05, 4.69) is 15.5 Å². The molecule has 2 rings (SSSR count). The molecular weight excluding hydrogens is 242 g/mol. The van der Waals surface area contributed by atoms with Crippen LogP contribution in [0.25, 0.3) is 0 Å². The maximum atomic E-state index is 11.8. The van der Waals surface area contributed by atoms with Crippen LogP contribution in [-0.4, -0.2) is 63.3 Å². The molecule has 0 aromatic heterocycles. The average molecular weight is 269 g/mol. The highest BCUT2D eigenvalue weighted by atomic mass is 16.5. The van der Waals surface area contributed by atoms with Crippen molar-refractivity contribution in [1.29, 1.82) is 0 Å². The minimum atomic E-state index is 0.113. The van der Waals surface area contributed by atoms with Gasteiger partial charge in [0.15, 0.2) is 0 Å². The Morgan fingerprint density at radius 1 is 1.42 bits per heavy atom. The number of carbonyl (C=O) groups excluding carboxylic acids is 1. The maximum absolute atomic E-state index is 11.8. The number of nitrogens with one attached hydrogen (secondary N) is 2. The second-order valence-electron chi connectivity index (χ2n) is 5.85. The molecule has 19 heavy (non-hydrogen) atoms. The standard InChI is InChI=1S/C14H27N3O2/c1-17(10-12-4-2-6-15-8-12)11-14(18)16-9-13-5-3-7-19-13/h12-13,15H,2-11H2,1H3,(H,16,18). The third-order valence-corrected chi connectivity index (χ3v) is 3.93. The lowest BCUT2D eigenvalue weighted by Gasteiger charge is -2.27. The van der Waals surface area contributed by atoms with E-state index in [4.69, 9.17) is 4.74 Å². The number of hydrogen-bond acceptors (Lipinski definition) is 4. The van der Waals surface area contributed by atoms with Crippen LogP contribution in [0.1, 0.15) is 25.7 Å². The second kappa shape index (κ2) is 7.82. The minimum absolute atomic E-state index is 0.113. The second-order valence-corrected chi connectivity index (χ2v) is 5.85. The summed E-state index contributed by atoms with van der Waals surface area (Å²) in [6.45, 7) is 5.22. The summed E-state index contributed by atoms with van der Waals surface area (Å²) in [6.07, 6.45) is 4.95. The molecule has 2 aliphatic rings. The number of rotatable bonds is 6. The molecule has 1 amide bonds. The molecule has 5 heteroatoms. The number of amides is 1. The fourth-order valence-corrected chi connectivity index (χ4v) is 2.92. The van der Waals surface area contributed by atoms with E-state index >= 15 is 0 Å². The Bertz CT molecular complexity index is 274. The molecule has 110 valence electrons. The molecule has 2 heterocycles. The van der Waals surface area contributed by atoms with Gasteiger partial charge < -0.3 is 15.4 Å². The average Bonchev–Trinajstić information content (AvgIpc) is 2.90. The summed E-state index contributed by atoms with van der Waals surface area (Å²) in [5, 5.41) is 6.38. The molecule has 5 nitrogen and oxygen atoms in total. The number of likely N-dealkylation sites (N-methyl/N-ethyl adjacent to an activating group) is 1. The van der Waals surface area contributed by atoms with Crippen LogP contribution in [0.3, 0.4) is 0 Å². The Kier molecular flexibility index (Phi) is 6.07. The third kappa shape index (κ3) is 5.47. The van der Waals surface area contributed by atoms with Crippen molar-refractivity contribution in [3.8, 4) is 0 Å². The number of nitrogens with zero attached hydrogens (tertiary/aromatic N) is 1. The number of piperidine rings is 1. The Hall–Kier alpha value is -0.650. The first-order chi connectivity index (χ1) is 9.24. The van der Waals surface area contributed by atoms with Gasteiger partial charge in [-0.3, -0.25) is 9.69 Å². The van der Waals surface area contributed by atoms with Crippen LogP contribution in [0, 0.1) is 5.92 Å². The van der Waals surface area contributed by atoms with Crippen LogP contribution < -0.4 is 10.6 Å². The van der Waals surface area contributed by atoms with Crippen molar-refractivity contribution in [3.63, 3.8) is 0 Å². The first-order valence-corrected chi connectivity index (χ1v) is 7.51. The van der Waals surface area contributed by atoms with Crippen molar-refractivity contribution in [2.45, 2.75) is 31.8 Å². The van der Waals surface area contributed by atoms with Crippen LogP contribution in [0.15, 0.2) is 0 Å². The lowest BCUT2D eigenvalue weighted by Crippen LogP contribution is -2.42. The third-order valence-electron chi connectivity index (χ3n) is 3.93. The van der Waals surface area contributed by atoms with Gasteiger partial charge in [0.2, 0.25) is 5.91 Å². The van der Waals surface area contributed by atoms with Crippen LogP contribution in [0.2, 0.25) is 0 Å². The van der Waals surface area contributed by atoms with Crippen LogP contribution in [0.5, 0.6) is 0 Å². The van der Waals surface area contributed by atoms with Gasteiger partial charge in [-0.1, -0.05) is 0 Å². The van der Waals surface area contributed by atoms with Gasteiger partial charge in [0.1, 0.15) is 0 Å². The smallest absolute Gasteiger partial charge is 0.234 e. The molecule has 2 fully saturated rings. The molecule has 2 aliphatic heterocycles. The van der Waals surface area contributed by atoms with Gasteiger partial charge in [-0.15, -0.1) is 0 Å². The molecule has 0 aliphatic carbocycles. The van der Waals surface area contributed by atoms with E-state index in [1.54, 1.807) is 0 Å². The van der Waals surface area contributed by atoms with Crippen molar-refractivity contribution >= 4 is 5.91 Å². The van der Waals surface area contributed by atoms with E-state index in [1.165, 1.54) is 12.8 Å². The summed E-state index contributed by atoms with van der Waals surface area (Å²) in [6, 6.07) is 0. The molecular formula is C14H27N3O2. The van der Waals surface area contributed by atoms with E-state index in [0.717, 1.165) is 39.1 Å². The van der Waals surface area contributed by atoms with Crippen molar-refractivity contribution in [2.75, 3.05) is 46.4 Å². The quantitative estimate of drug-likeness (QED) is 0.724. The van der Waals surface area contributed by atoms with Crippen LogP contribution in [-0.2, 0) is 9.53 Å². The summed E-state index contributed by atoms with van der Waals surface area (Å²) < 4.78 is 5.49. The van der Waals surface area contributed by atoms with Gasteiger partial charge >= 0.3 is 0 Å². The number of ether oxygens (including phenoxy) is 1. The van der Waals surface area contributed by atoms with Crippen LogP contribution >= 0.6 is 0 Å². The topological polar surface area (TPSA) is 53.6 Å². The number of carbonyl (C=O) groups is 1. The highest BCUT2D eigenvalue weighted by molar-refractivity contribution is 5.77. The van der Waals surface area contributed by atoms with E-state index in [1.807, 2.05) is 7.05 Å². The molecule has 2 unspecified atom stereocenters. The predicted octanol–water partition coefficient (Wildman–Crippen LogP) is 0.213. The number of hydrogen-bond donors (Lipinski definition) is 2. The fourth-order valence-electron chi connectivity index (χ4n) is 2.92.